The van der Waals surface area contributed by atoms with Crippen molar-refractivity contribution in [2.75, 3.05) is 5.73 Å². The van der Waals surface area contributed by atoms with Crippen molar-refractivity contribution in [3.63, 3.8) is 0 Å². The number of hydrogen-bond acceptors (Lipinski definition) is 5. The zero-order valence-electron chi connectivity index (χ0n) is 7.03. The Morgan fingerprint density at radius 3 is 2.85 bits per heavy atom. The van der Waals surface area contributed by atoms with Gasteiger partial charge in [-0.05, 0) is 15.9 Å². The molecule has 1 aliphatic rings. The van der Waals surface area contributed by atoms with E-state index in [4.69, 9.17) is 5.73 Å². The fraction of sp³-hybridized carbons (Fsp3) is 0.429. The van der Waals surface area contributed by atoms with Gasteiger partial charge in [0, 0.05) is 6.42 Å². The van der Waals surface area contributed by atoms with E-state index in [0.29, 0.717) is 16.7 Å². The van der Waals surface area contributed by atoms with Crippen LogP contribution in [0, 0.1) is 0 Å². The third-order valence-corrected chi connectivity index (χ3v) is 2.76. The Bertz CT molecular complexity index is 456. The summed E-state index contributed by atoms with van der Waals surface area (Å²) < 4.78 is -0.584. The molecule has 0 bridgehead atoms. The second-order valence-corrected chi connectivity index (χ2v) is 4.00. The highest BCUT2D eigenvalue weighted by Gasteiger charge is 2.26. The first kappa shape index (κ1) is 8.55. The summed E-state index contributed by atoms with van der Waals surface area (Å²) in [6, 6.07) is 0. The van der Waals surface area contributed by atoms with E-state index in [1.807, 2.05) is 6.92 Å². The van der Waals surface area contributed by atoms with Crippen molar-refractivity contribution in [1.82, 2.24) is 9.97 Å². The average Bonchev–Trinajstić information content (AvgIpc) is 2.45. The van der Waals surface area contributed by atoms with E-state index in [-0.39, 0.29) is 0 Å². The minimum Gasteiger partial charge on any atom is -0.382 e. The third-order valence-electron chi connectivity index (χ3n) is 1.84. The van der Waals surface area contributed by atoms with Gasteiger partial charge in [0.05, 0.1) is 0 Å². The standard InChI is InChI=1S/C7H8BrN5/c1-2-7(8)12-4-5(9)10-3-11-6(4)13-7/h3H,2H2,1H3,(H2,9,10,11,13). The van der Waals surface area contributed by atoms with Gasteiger partial charge in [-0.1, -0.05) is 6.92 Å². The summed E-state index contributed by atoms with van der Waals surface area (Å²) in [5.74, 6) is 0.378. The minimum atomic E-state index is -0.584. The van der Waals surface area contributed by atoms with Gasteiger partial charge in [0.1, 0.15) is 11.7 Å². The molecule has 0 saturated heterocycles. The molecule has 13 heavy (non-hydrogen) atoms. The smallest absolute Gasteiger partial charge is 0.208 e. The van der Waals surface area contributed by atoms with Crippen molar-refractivity contribution in [3.05, 3.63) is 17.2 Å². The molecule has 0 amide bonds. The lowest BCUT2D eigenvalue weighted by molar-refractivity contribution is 0.633. The van der Waals surface area contributed by atoms with Crippen LogP contribution in [-0.4, -0.2) is 14.5 Å². The van der Waals surface area contributed by atoms with Gasteiger partial charge in [-0.15, -0.1) is 0 Å². The molecule has 5 nitrogen and oxygen atoms in total. The first-order valence-electron chi connectivity index (χ1n) is 3.90. The number of anilines is 1. The predicted molar refractivity (Wildman–Crippen MR) is 50.7 cm³/mol. The summed E-state index contributed by atoms with van der Waals surface area (Å²) in [5, 5.41) is 0.584. The van der Waals surface area contributed by atoms with Crippen molar-refractivity contribution < 1.29 is 0 Å². The van der Waals surface area contributed by atoms with E-state index >= 15 is 0 Å². The Balaban J connectivity index is 2.74. The lowest BCUT2D eigenvalue weighted by atomic mass is 10.4. The maximum atomic E-state index is 5.62. The number of halogens is 1. The second kappa shape index (κ2) is 2.73. The lowest BCUT2D eigenvalue weighted by Crippen LogP contribution is -2.29. The Labute approximate surface area is 83.0 Å². The molecule has 0 radical (unpaired) electrons. The minimum absolute atomic E-state index is 0.378. The van der Waals surface area contributed by atoms with Crippen LogP contribution >= 0.6 is 15.9 Å². The van der Waals surface area contributed by atoms with Gasteiger partial charge in [-0.25, -0.2) is 20.0 Å². The number of hydrogen-bond donors (Lipinski definition) is 1. The molecule has 0 aliphatic carbocycles. The first-order valence-corrected chi connectivity index (χ1v) is 4.69. The molecule has 1 aromatic heterocycles. The summed E-state index contributed by atoms with van der Waals surface area (Å²) in [5.41, 5.74) is 6.18. The highest BCUT2D eigenvalue weighted by atomic mass is 79.9. The van der Waals surface area contributed by atoms with E-state index in [1.165, 1.54) is 6.33 Å². The number of alkyl halides is 1. The molecule has 0 fully saturated rings. The number of nitrogens with zero attached hydrogens (tertiary/aromatic N) is 4. The van der Waals surface area contributed by atoms with Crippen molar-refractivity contribution in [2.24, 2.45) is 9.98 Å². The number of fused-ring (bicyclic) bond motifs is 1. The molecule has 68 valence electrons. The Kier molecular flexibility index (Phi) is 1.80. The number of nitrogens with two attached hydrogens (primary N) is 1. The second-order valence-electron chi connectivity index (χ2n) is 2.73. The van der Waals surface area contributed by atoms with E-state index in [9.17, 15) is 0 Å². The highest BCUT2D eigenvalue weighted by molar-refractivity contribution is 9.10. The zero-order valence-corrected chi connectivity index (χ0v) is 8.61. The molecule has 6 heteroatoms. The predicted octanol–water partition coefficient (Wildman–Crippen LogP) is -0.230. The molecule has 1 atom stereocenters. The van der Waals surface area contributed by atoms with Crippen LogP contribution in [0.3, 0.4) is 0 Å². The number of nitrogen functional groups attached to an aromatic ring is 1. The summed E-state index contributed by atoms with van der Waals surface area (Å²) in [4.78, 5) is 16.4. The van der Waals surface area contributed by atoms with Gasteiger partial charge >= 0.3 is 0 Å². The lowest BCUT2D eigenvalue weighted by Gasteiger charge is -2.09. The maximum absolute atomic E-state index is 5.62. The van der Waals surface area contributed by atoms with E-state index in [0.717, 1.165) is 6.42 Å². The van der Waals surface area contributed by atoms with Crippen LogP contribution in [0.5, 0.6) is 0 Å². The van der Waals surface area contributed by atoms with Crippen LogP contribution < -0.4 is 16.6 Å². The monoisotopic (exact) mass is 241 g/mol. The van der Waals surface area contributed by atoms with Crippen LogP contribution in [0.25, 0.3) is 0 Å². The van der Waals surface area contributed by atoms with Gasteiger partial charge in [-0.3, -0.25) is 0 Å². The fourth-order valence-corrected chi connectivity index (χ4v) is 1.43. The molecule has 1 unspecified atom stereocenters. The zero-order chi connectivity index (χ0) is 9.47. The van der Waals surface area contributed by atoms with Gasteiger partial charge in [-0.2, -0.15) is 0 Å². The van der Waals surface area contributed by atoms with Crippen LogP contribution in [0.4, 0.5) is 5.82 Å². The van der Waals surface area contributed by atoms with Crippen LogP contribution in [0.1, 0.15) is 13.3 Å². The maximum Gasteiger partial charge on any atom is 0.208 e. The molecule has 2 N–H and O–H groups in total. The van der Waals surface area contributed by atoms with Crippen molar-refractivity contribution in [3.8, 4) is 0 Å². The SMILES string of the molecule is CCC1(Br)N=c2ncnc(N)c2=N1. The fourth-order valence-electron chi connectivity index (χ4n) is 1.09. The highest BCUT2D eigenvalue weighted by Crippen LogP contribution is 2.25. The molecule has 2 heterocycles. The molecule has 0 aromatic carbocycles. The first-order chi connectivity index (χ1) is 6.14. The summed E-state index contributed by atoms with van der Waals surface area (Å²) >= 11 is 3.40. The Morgan fingerprint density at radius 1 is 1.46 bits per heavy atom. The third kappa shape index (κ3) is 1.31. The van der Waals surface area contributed by atoms with Crippen LogP contribution in [0.15, 0.2) is 16.3 Å². The molecule has 0 saturated carbocycles. The van der Waals surface area contributed by atoms with E-state index < -0.39 is 4.57 Å². The summed E-state index contributed by atoms with van der Waals surface area (Å²) in [7, 11) is 0. The van der Waals surface area contributed by atoms with Gasteiger partial charge in [0.15, 0.2) is 11.3 Å². The van der Waals surface area contributed by atoms with Crippen molar-refractivity contribution in [2.45, 2.75) is 17.9 Å². The summed E-state index contributed by atoms with van der Waals surface area (Å²) in [6.07, 6.45) is 2.14. The van der Waals surface area contributed by atoms with Gasteiger partial charge < -0.3 is 5.73 Å². The van der Waals surface area contributed by atoms with Crippen molar-refractivity contribution >= 4 is 21.7 Å². The van der Waals surface area contributed by atoms with Gasteiger partial charge in [0.2, 0.25) is 4.57 Å². The number of aromatic nitrogens is 2. The largest absolute Gasteiger partial charge is 0.382 e. The van der Waals surface area contributed by atoms with Crippen LogP contribution in [-0.2, 0) is 0 Å². The van der Waals surface area contributed by atoms with Crippen molar-refractivity contribution in [1.29, 1.82) is 0 Å². The number of rotatable bonds is 1. The van der Waals surface area contributed by atoms with E-state index in [1.54, 1.807) is 0 Å². The van der Waals surface area contributed by atoms with Gasteiger partial charge in [0.25, 0.3) is 0 Å². The Hall–Kier alpha value is -1.04. The molecular formula is C7H8BrN5. The van der Waals surface area contributed by atoms with E-state index in [2.05, 4.69) is 35.9 Å². The Morgan fingerprint density at radius 2 is 2.23 bits per heavy atom. The summed E-state index contributed by atoms with van der Waals surface area (Å²) in [6.45, 7) is 1.98. The van der Waals surface area contributed by atoms with Crippen LogP contribution in [0.2, 0.25) is 0 Å². The topological polar surface area (TPSA) is 76.5 Å². The average molecular weight is 242 g/mol. The molecule has 1 aliphatic heterocycles. The molecule has 0 spiro atoms. The molecule has 1 aromatic rings. The normalized spacial score (nSPS) is 24.8. The quantitative estimate of drug-likeness (QED) is 0.545. The molecular weight excluding hydrogens is 234 g/mol. The molecule has 2 rings (SSSR count).